The lowest BCUT2D eigenvalue weighted by molar-refractivity contribution is 0.605. The van der Waals surface area contributed by atoms with Crippen molar-refractivity contribution in [3.8, 4) is 0 Å². The van der Waals surface area contributed by atoms with Crippen LogP contribution in [0.3, 0.4) is 0 Å². The highest BCUT2D eigenvalue weighted by Crippen LogP contribution is 2.17. The van der Waals surface area contributed by atoms with Crippen molar-refractivity contribution in [3.05, 3.63) is 36.1 Å². The second kappa shape index (κ2) is 3.56. The van der Waals surface area contributed by atoms with Gasteiger partial charge in [0.1, 0.15) is 5.52 Å². The van der Waals surface area contributed by atoms with Crippen molar-refractivity contribution in [1.29, 1.82) is 0 Å². The van der Waals surface area contributed by atoms with Gasteiger partial charge in [-0.05, 0) is 12.1 Å². The SMILES string of the molecule is O=S1(=O)C=CC(Nc2nccn3nccc23)C1. The Kier molecular flexibility index (Phi) is 2.15. The van der Waals surface area contributed by atoms with Crippen LogP contribution in [0.2, 0.25) is 0 Å². The van der Waals surface area contributed by atoms with Gasteiger partial charge in [0, 0.05) is 17.8 Å². The van der Waals surface area contributed by atoms with E-state index in [2.05, 4.69) is 15.4 Å². The molecule has 2 aromatic rings. The predicted octanol–water partition coefficient (Wildman–Crippen LogP) is 0.452. The van der Waals surface area contributed by atoms with Gasteiger partial charge < -0.3 is 5.32 Å². The number of anilines is 1. The zero-order valence-corrected chi connectivity index (χ0v) is 9.63. The summed E-state index contributed by atoms with van der Waals surface area (Å²) in [5.74, 6) is 0.709. The smallest absolute Gasteiger partial charge is 0.173 e. The molecule has 1 aliphatic rings. The van der Waals surface area contributed by atoms with Crippen LogP contribution in [0.25, 0.3) is 5.52 Å². The van der Waals surface area contributed by atoms with Crippen molar-refractivity contribution in [2.24, 2.45) is 0 Å². The molecule has 7 heteroatoms. The average Bonchev–Trinajstić information content (AvgIpc) is 2.85. The molecule has 6 nitrogen and oxygen atoms in total. The van der Waals surface area contributed by atoms with E-state index in [1.165, 1.54) is 5.41 Å². The van der Waals surface area contributed by atoms with Crippen molar-refractivity contribution in [3.63, 3.8) is 0 Å². The zero-order valence-electron chi connectivity index (χ0n) is 8.81. The van der Waals surface area contributed by atoms with Crippen molar-refractivity contribution in [2.45, 2.75) is 6.04 Å². The Bertz CT molecular complexity index is 689. The number of hydrogen-bond acceptors (Lipinski definition) is 5. The van der Waals surface area contributed by atoms with E-state index in [1.807, 2.05) is 6.07 Å². The minimum Gasteiger partial charge on any atom is -0.361 e. The molecule has 0 aromatic carbocycles. The average molecular weight is 250 g/mol. The normalized spacial score (nSPS) is 22.0. The first-order valence-corrected chi connectivity index (χ1v) is 6.81. The van der Waals surface area contributed by atoms with Crippen LogP contribution < -0.4 is 5.32 Å². The molecule has 0 aliphatic carbocycles. The minimum absolute atomic E-state index is 0.0733. The number of nitrogens with one attached hydrogen (secondary N) is 1. The molecule has 17 heavy (non-hydrogen) atoms. The van der Waals surface area contributed by atoms with E-state index in [-0.39, 0.29) is 11.8 Å². The Morgan fingerprint density at radius 2 is 2.29 bits per heavy atom. The molecule has 1 atom stereocenters. The highest BCUT2D eigenvalue weighted by molar-refractivity contribution is 7.94. The molecular formula is C10H10N4O2S. The summed E-state index contributed by atoms with van der Waals surface area (Å²) < 4.78 is 24.2. The third-order valence-corrected chi connectivity index (χ3v) is 3.97. The van der Waals surface area contributed by atoms with Crippen molar-refractivity contribution < 1.29 is 8.42 Å². The van der Waals surface area contributed by atoms with Gasteiger partial charge in [0.15, 0.2) is 15.7 Å². The summed E-state index contributed by atoms with van der Waals surface area (Å²) in [6.07, 6.45) is 6.66. The maximum absolute atomic E-state index is 11.3. The van der Waals surface area contributed by atoms with E-state index < -0.39 is 9.84 Å². The zero-order chi connectivity index (χ0) is 11.9. The third kappa shape index (κ3) is 1.89. The molecule has 88 valence electrons. The van der Waals surface area contributed by atoms with Crippen LogP contribution in [-0.2, 0) is 9.84 Å². The summed E-state index contributed by atoms with van der Waals surface area (Å²) in [4.78, 5) is 4.19. The van der Waals surface area contributed by atoms with Crippen LogP contribution in [0.5, 0.6) is 0 Å². The Morgan fingerprint density at radius 3 is 3.06 bits per heavy atom. The standard InChI is InChI=1S/C10H10N4O2S/c15-17(16)6-2-8(7-17)13-10-9-1-3-12-14(9)5-4-11-10/h1-6,8H,7H2,(H,11,13). The molecule has 3 rings (SSSR count). The van der Waals surface area contributed by atoms with Crippen LogP contribution in [0.4, 0.5) is 5.82 Å². The fraction of sp³-hybridized carbons (Fsp3) is 0.200. The first kappa shape index (κ1) is 10.3. The fourth-order valence-corrected chi connectivity index (χ4v) is 3.05. The number of hydrogen-bond donors (Lipinski definition) is 1. The maximum atomic E-state index is 11.3. The van der Waals surface area contributed by atoms with Crippen LogP contribution in [0.1, 0.15) is 0 Å². The summed E-state index contributed by atoms with van der Waals surface area (Å²) in [6.45, 7) is 0. The number of aromatic nitrogens is 3. The summed E-state index contributed by atoms with van der Waals surface area (Å²) in [5.41, 5.74) is 0.824. The molecule has 1 unspecified atom stereocenters. The lowest BCUT2D eigenvalue weighted by Gasteiger charge is -2.11. The van der Waals surface area contributed by atoms with Crippen LogP contribution in [0.15, 0.2) is 36.1 Å². The lowest BCUT2D eigenvalue weighted by Crippen LogP contribution is -2.21. The van der Waals surface area contributed by atoms with Gasteiger partial charge in [-0.2, -0.15) is 5.10 Å². The van der Waals surface area contributed by atoms with Gasteiger partial charge in [0.25, 0.3) is 0 Å². The Balaban J connectivity index is 1.91. The van der Waals surface area contributed by atoms with Gasteiger partial charge >= 0.3 is 0 Å². The molecule has 0 bridgehead atoms. The molecule has 0 radical (unpaired) electrons. The number of nitrogens with zero attached hydrogens (tertiary/aromatic N) is 3. The second-order valence-electron chi connectivity index (χ2n) is 3.85. The van der Waals surface area contributed by atoms with E-state index in [1.54, 1.807) is 29.2 Å². The van der Waals surface area contributed by atoms with Gasteiger partial charge in [0.2, 0.25) is 0 Å². The number of fused-ring (bicyclic) bond motifs is 1. The molecule has 0 fully saturated rings. The Hall–Kier alpha value is -1.89. The molecule has 1 aliphatic heterocycles. The molecule has 0 spiro atoms. The highest BCUT2D eigenvalue weighted by atomic mass is 32.2. The molecule has 1 N–H and O–H groups in total. The van der Waals surface area contributed by atoms with Gasteiger partial charge in [-0.25, -0.2) is 17.9 Å². The highest BCUT2D eigenvalue weighted by Gasteiger charge is 2.22. The van der Waals surface area contributed by atoms with Crippen molar-refractivity contribution in [1.82, 2.24) is 14.6 Å². The van der Waals surface area contributed by atoms with Crippen LogP contribution in [-0.4, -0.2) is 34.8 Å². The van der Waals surface area contributed by atoms with E-state index in [0.717, 1.165) is 5.52 Å². The summed E-state index contributed by atoms with van der Waals surface area (Å²) in [5, 5.41) is 8.41. The first-order chi connectivity index (χ1) is 8.14. The minimum atomic E-state index is -3.05. The Labute approximate surface area is 97.9 Å². The van der Waals surface area contributed by atoms with E-state index in [0.29, 0.717) is 5.82 Å². The molecular weight excluding hydrogens is 240 g/mol. The first-order valence-electron chi connectivity index (χ1n) is 5.10. The van der Waals surface area contributed by atoms with Crippen molar-refractivity contribution >= 4 is 21.2 Å². The van der Waals surface area contributed by atoms with Crippen LogP contribution >= 0.6 is 0 Å². The fourth-order valence-electron chi connectivity index (χ4n) is 1.81. The van der Waals surface area contributed by atoms with Crippen LogP contribution in [0, 0.1) is 0 Å². The summed E-state index contributed by atoms with van der Waals surface area (Å²) in [6, 6.07) is 1.59. The quantitative estimate of drug-likeness (QED) is 0.837. The van der Waals surface area contributed by atoms with E-state index >= 15 is 0 Å². The number of rotatable bonds is 2. The van der Waals surface area contributed by atoms with Crippen molar-refractivity contribution in [2.75, 3.05) is 11.1 Å². The molecule has 0 saturated heterocycles. The van der Waals surface area contributed by atoms with E-state index in [4.69, 9.17) is 0 Å². The topological polar surface area (TPSA) is 76.4 Å². The second-order valence-corrected chi connectivity index (χ2v) is 5.78. The summed E-state index contributed by atoms with van der Waals surface area (Å²) in [7, 11) is -3.05. The Morgan fingerprint density at radius 1 is 1.41 bits per heavy atom. The van der Waals surface area contributed by atoms with Gasteiger partial charge in [-0.15, -0.1) is 0 Å². The predicted molar refractivity (Wildman–Crippen MR) is 63.3 cm³/mol. The molecule has 2 aromatic heterocycles. The van der Waals surface area contributed by atoms with E-state index in [9.17, 15) is 8.42 Å². The van der Waals surface area contributed by atoms with Gasteiger partial charge in [-0.3, -0.25) is 0 Å². The summed E-state index contributed by atoms with van der Waals surface area (Å²) >= 11 is 0. The number of sulfone groups is 1. The lowest BCUT2D eigenvalue weighted by atomic mass is 10.3. The molecule has 0 saturated carbocycles. The molecule has 0 amide bonds. The third-order valence-electron chi connectivity index (χ3n) is 2.58. The largest absolute Gasteiger partial charge is 0.361 e. The maximum Gasteiger partial charge on any atom is 0.173 e. The molecule has 3 heterocycles. The van der Waals surface area contributed by atoms with Gasteiger partial charge in [0.05, 0.1) is 18.0 Å². The monoisotopic (exact) mass is 250 g/mol. The van der Waals surface area contributed by atoms with Gasteiger partial charge in [-0.1, -0.05) is 0 Å².